The zero-order valence-electron chi connectivity index (χ0n) is 6.96. The van der Waals surface area contributed by atoms with Crippen molar-refractivity contribution in [2.75, 3.05) is 0 Å². The maximum atomic E-state index is 2.20. The Balaban J connectivity index is 2.62. The van der Waals surface area contributed by atoms with Crippen LogP contribution in [0.3, 0.4) is 0 Å². The second kappa shape index (κ2) is 4.73. The molecule has 0 fully saturated rings. The number of rotatable bonds is 2. The van der Waals surface area contributed by atoms with Crippen LogP contribution in [0, 0.1) is 0 Å². The smallest absolute Gasteiger partial charge is 0.0281 e. The molecule has 0 atom stereocenters. The summed E-state index contributed by atoms with van der Waals surface area (Å²) in [6.07, 6.45) is 17.1. The van der Waals surface area contributed by atoms with Crippen molar-refractivity contribution in [3.05, 3.63) is 48.1 Å². The molecule has 0 radical (unpaired) electrons. The lowest BCUT2D eigenvalue weighted by Gasteiger charge is -1.97. The average Bonchev–Trinajstić information content (AvgIpc) is 1.94. The summed E-state index contributed by atoms with van der Waals surface area (Å²) in [6, 6.07) is 0. The van der Waals surface area contributed by atoms with E-state index in [0.717, 1.165) is 0 Å². The normalized spacial score (nSPS) is 15.9. The Kier molecular flexibility index (Phi) is 3.46. The van der Waals surface area contributed by atoms with E-state index in [1.165, 1.54) is 18.4 Å². The first-order chi connectivity index (χ1) is 5.43. The van der Waals surface area contributed by atoms with Crippen molar-refractivity contribution in [1.29, 1.82) is 0 Å². The van der Waals surface area contributed by atoms with E-state index in [2.05, 4.69) is 43.4 Å². The summed E-state index contributed by atoms with van der Waals surface area (Å²) >= 11 is 0. The molecular weight excluding hydrogens is 132 g/mol. The van der Waals surface area contributed by atoms with Crippen molar-refractivity contribution in [2.24, 2.45) is 0 Å². The predicted octanol–water partition coefficient (Wildman–Crippen LogP) is 3.40. The largest absolute Gasteiger partial charge is 0.0651 e. The molecule has 0 nitrogen and oxygen atoms in total. The maximum absolute atomic E-state index is 2.20. The Morgan fingerprint density at radius 3 is 2.55 bits per heavy atom. The molecule has 0 N–H and O–H groups in total. The highest BCUT2D eigenvalue weighted by atomic mass is 13.9. The summed E-state index contributed by atoms with van der Waals surface area (Å²) in [4.78, 5) is 0. The molecule has 11 heavy (non-hydrogen) atoms. The molecule has 0 bridgehead atoms. The quantitative estimate of drug-likeness (QED) is 0.560. The van der Waals surface area contributed by atoms with Gasteiger partial charge in [0.2, 0.25) is 0 Å². The van der Waals surface area contributed by atoms with Crippen LogP contribution in [0.5, 0.6) is 0 Å². The lowest BCUT2D eigenvalue weighted by atomic mass is 10.1. The van der Waals surface area contributed by atoms with E-state index in [9.17, 15) is 0 Å². The van der Waals surface area contributed by atoms with Crippen molar-refractivity contribution < 1.29 is 0 Å². The molecule has 0 amide bonds. The first-order valence-electron chi connectivity index (χ1n) is 4.14. The lowest BCUT2D eigenvalue weighted by molar-refractivity contribution is 0.926. The molecule has 58 valence electrons. The Hall–Kier alpha value is -1.04. The summed E-state index contributed by atoms with van der Waals surface area (Å²) in [6.45, 7) is 2.20. The van der Waals surface area contributed by atoms with Crippen molar-refractivity contribution >= 4 is 0 Å². The van der Waals surface area contributed by atoms with Crippen LogP contribution in [0.2, 0.25) is 0 Å². The van der Waals surface area contributed by atoms with Crippen LogP contribution < -0.4 is 0 Å². The number of hydrogen-bond donors (Lipinski definition) is 0. The third kappa shape index (κ3) is 3.03. The van der Waals surface area contributed by atoms with Crippen LogP contribution in [0.15, 0.2) is 48.1 Å². The van der Waals surface area contributed by atoms with Crippen molar-refractivity contribution in [2.45, 2.75) is 19.8 Å². The van der Waals surface area contributed by atoms with Gasteiger partial charge in [-0.25, -0.2) is 0 Å². The van der Waals surface area contributed by atoms with Crippen LogP contribution in [0.1, 0.15) is 19.8 Å². The molecule has 1 aliphatic carbocycles. The zero-order valence-corrected chi connectivity index (χ0v) is 6.96. The molecule has 1 rings (SSSR count). The fourth-order valence-electron chi connectivity index (χ4n) is 1.06. The zero-order chi connectivity index (χ0) is 7.94. The van der Waals surface area contributed by atoms with E-state index in [1.54, 1.807) is 0 Å². The molecular formula is C11H14. The molecule has 0 saturated carbocycles. The monoisotopic (exact) mass is 146 g/mol. The molecule has 0 saturated heterocycles. The SMILES string of the molecule is CCCC1=CC=CC=CC=C1. The number of hydrogen-bond acceptors (Lipinski definition) is 0. The van der Waals surface area contributed by atoms with Gasteiger partial charge in [0.05, 0.1) is 0 Å². The fraction of sp³-hybridized carbons (Fsp3) is 0.273. The van der Waals surface area contributed by atoms with E-state index in [4.69, 9.17) is 0 Å². The van der Waals surface area contributed by atoms with Crippen molar-refractivity contribution in [3.8, 4) is 0 Å². The Bertz CT molecular complexity index is 214. The van der Waals surface area contributed by atoms with Gasteiger partial charge in [-0.3, -0.25) is 0 Å². The van der Waals surface area contributed by atoms with Gasteiger partial charge in [0.15, 0.2) is 0 Å². The minimum absolute atomic E-state index is 1.18. The molecule has 0 aromatic heterocycles. The molecule has 0 aromatic rings. The van der Waals surface area contributed by atoms with E-state index in [0.29, 0.717) is 0 Å². The number of allylic oxidation sites excluding steroid dienone is 8. The molecule has 0 heterocycles. The van der Waals surface area contributed by atoms with Crippen LogP contribution in [-0.2, 0) is 0 Å². The predicted molar refractivity (Wildman–Crippen MR) is 50.4 cm³/mol. The Morgan fingerprint density at radius 1 is 1.00 bits per heavy atom. The standard InChI is InChI=1S/C11H14/c1-2-8-11-9-6-4-3-5-7-10-11/h3-7,9-10H,2,8H2,1H3. The maximum Gasteiger partial charge on any atom is -0.0281 e. The van der Waals surface area contributed by atoms with Gasteiger partial charge in [0, 0.05) is 0 Å². The van der Waals surface area contributed by atoms with Gasteiger partial charge >= 0.3 is 0 Å². The van der Waals surface area contributed by atoms with Crippen LogP contribution in [-0.4, -0.2) is 0 Å². The molecule has 1 aliphatic rings. The molecule has 0 unspecified atom stereocenters. The molecule has 0 aliphatic heterocycles. The van der Waals surface area contributed by atoms with Gasteiger partial charge in [-0.1, -0.05) is 55.9 Å². The van der Waals surface area contributed by atoms with Crippen LogP contribution in [0.4, 0.5) is 0 Å². The van der Waals surface area contributed by atoms with Crippen LogP contribution >= 0.6 is 0 Å². The van der Waals surface area contributed by atoms with Gasteiger partial charge in [-0.2, -0.15) is 0 Å². The van der Waals surface area contributed by atoms with E-state index >= 15 is 0 Å². The lowest BCUT2D eigenvalue weighted by Crippen LogP contribution is -1.77. The minimum atomic E-state index is 1.18. The molecule has 0 heteroatoms. The summed E-state index contributed by atoms with van der Waals surface area (Å²) in [5, 5.41) is 0. The van der Waals surface area contributed by atoms with Gasteiger partial charge in [-0.05, 0) is 12.0 Å². The topological polar surface area (TPSA) is 0 Å². The van der Waals surface area contributed by atoms with E-state index in [-0.39, 0.29) is 0 Å². The average molecular weight is 146 g/mol. The second-order valence-electron chi connectivity index (χ2n) is 2.62. The van der Waals surface area contributed by atoms with E-state index < -0.39 is 0 Å². The van der Waals surface area contributed by atoms with Crippen LogP contribution in [0.25, 0.3) is 0 Å². The van der Waals surface area contributed by atoms with Crippen molar-refractivity contribution in [1.82, 2.24) is 0 Å². The summed E-state index contributed by atoms with van der Waals surface area (Å²) in [5.74, 6) is 0. The Labute approximate surface area is 68.6 Å². The first-order valence-corrected chi connectivity index (χ1v) is 4.14. The molecule has 0 spiro atoms. The van der Waals surface area contributed by atoms with Gasteiger partial charge < -0.3 is 0 Å². The second-order valence-corrected chi connectivity index (χ2v) is 2.62. The third-order valence-electron chi connectivity index (χ3n) is 1.60. The third-order valence-corrected chi connectivity index (χ3v) is 1.60. The summed E-state index contributed by atoms with van der Waals surface area (Å²) in [7, 11) is 0. The summed E-state index contributed by atoms with van der Waals surface area (Å²) < 4.78 is 0. The fourth-order valence-corrected chi connectivity index (χ4v) is 1.06. The Morgan fingerprint density at radius 2 is 1.73 bits per heavy atom. The highest BCUT2D eigenvalue weighted by Crippen LogP contribution is 2.08. The van der Waals surface area contributed by atoms with E-state index in [1.807, 2.05) is 6.08 Å². The van der Waals surface area contributed by atoms with Gasteiger partial charge in [0.1, 0.15) is 0 Å². The van der Waals surface area contributed by atoms with Crippen molar-refractivity contribution in [3.63, 3.8) is 0 Å². The van der Waals surface area contributed by atoms with Gasteiger partial charge in [-0.15, -0.1) is 0 Å². The van der Waals surface area contributed by atoms with Gasteiger partial charge in [0.25, 0.3) is 0 Å². The molecule has 0 aromatic carbocycles. The highest BCUT2D eigenvalue weighted by Gasteiger charge is 1.87. The highest BCUT2D eigenvalue weighted by molar-refractivity contribution is 5.30. The minimum Gasteiger partial charge on any atom is -0.0651 e. The summed E-state index contributed by atoms with van der Waals surface area (Å²) in [5.41, 5.74) is 1.41. The first kappa shape index (κ1) is 8.06.